The van der Waals surface area contributed by atoms with Gasteiger partial charge in [-0.25, -0.2) is 0 Å². The smallest absolute Gasteiger partial charge is 0.191 e. The average molecular weight is 332 g/mol. The minimum atomic E-state index is 0.256. The molecular weight excluding hydrogens is 300 g/mol. The van der Waals surface area contributed by atoms with Crippen LogP contribution in [-0.2, 0) is 17.7 Å². The Bertz CT molecular complexity index is 518. The van der Waals surface area contributed by atoms with Crippen LogP contribution in [0.3, 0.4) is 0 Å². The van der Waals surface area contributed by atoms with Gasteiger partial charge >= 0.3 is 0 Å². The first-order valence-corrected chi connectivity index (χ1v) is 9.05. The molecule has 0 aromatic heterocycles. The number of fused-ring (bicyclic) bond motifs is 1. The maximum Gasteiger partial charge on any atom is 0.191 e. The predicted octanol–water partition coefficient (Wildman–Crippen LogP) is 2.02. The van der Waals surface area contributed by atoms with E-state index in [-0.39, 0.29) is 6.04 Å². The molecule has 1 aliphatic rings. The summed E-state index contributed by atoms with van der Waals surface area (Å²) in [4.78, 5) is 7.21. The first-order valence-electron chi connectivity index (χ1n) is 9.05. The fourth-order valence-corrected chi connectivity index (χ4v) is 3.08. The van der Waals surface area contributed by atoms with Crippen LogP contribution >= 0.6 is 0 Å². The Morgan fingerprint density at radius 3 is 2.88 bits per heavy atom. The van der Waals surface area contributed by atoms with Crippen molar-refractivity contribution in [2.24, 2.45) is 4.99 Å². The molecule has 1 unspecified atom stereocenters. The maximum absolute atomic E-state index is 5.16. The summed E-state index contributed by atoms with van der Waals surface area (Å²) in [6.07, 6.45) is 2.25. The lowest BCUT2D eigenvalue weighted by Crippen LogP contribution is -2.44. The summed E-state index contributed by atoms with van der Waals surface area (Å²) in [5, 5.41) is 6.66. The fourth-order valence-electron chi connectivity index (χ4n) is 3.08. The third-order valence-electron chi connectivity index (χ3n) is 4.26. The van der Waals surface area contributed by atoms with E-state index in [2.05, 4.69) is 58.6 Å². The Morgan fingerprint density at radius 1 is 1.33 bits per heavy atom. The van der Waals surface area contributed by atoms with Gasteiger partial charge in [-0.1, -0.05) is 24.3 Å². The molecule has 0 spiro atoms. The van der Waals surface area contributed by atoms with Gasteiger partial charge in [-0.3, -0.25) is 9.89 Å². The van der Waals surface area contributed by atoms with Crippen LogP contribution in [0.15, 0.2) is 29.3 Å². The van der Waals surface area contributed by atoms with Crippen LogP contribution in [0, 0.1) is 0 Å². The molecule has 134 valence electrons. The Morgan fingerprint density at radius 2 is 2.12 bits per heavy atom. The molecule has 0 saturated heterocycles. The predicted molar refractivity (Wildman–Crippen MR) is 100 cm³/mol. The lowest BCUT2D eigenvalue weighted by molar-refractivity contribution is 0.179. The molecule has 0 fully saturated rings. The van der Waals surface area contributed by atoms with Crippen LogP contribution in [0.1, 0.15) is 31.4 Å². The van der Waals surface area contributed by atoms with Crippen molar-refractivity contribution >= 4 is 5.96 Å². The second-order valence-corrected chi connectivity index (χ2v) is 6.41. The van der Waals surface area contributed by atoms with Gasteiger partial charge in [0.25, 0.3) is 0 Å². The van der Waals surface area contributed by atoms with Crippen molar-refractivity contribution in [3.63, 3.8) is 0 Å². The van der Waals surface area contributed by atoms with Crippen LogP contribution in [0.2, 0.25) is 0 Å². The third-order valence-corrected chi connectivity index (χ3v) is 4.26. The van der Waals surface area contributed by atoms with Crippen LogP contribution < -0.4 is 10.6 Å². The molecular formula is C19H32N4O. The Balaban J connectivity index is 1.74. The molecule has 1 atom stereocenters. The van der Waals surface area contributed by atoms with Crippen molar-refractivity contribution in [2.45, 2.75) is 39.3 Å². The molecule has 24 heavy (non-hydrogen) atoms. The topological polar surface area (TPSA) is 48.9 Å². The molecule has 5 heteroatoms. The summed E-state index contributed by atoms with van der Waals surface area (Å²) in [6, 6.07) is 9.05. The molecule has 2 N–H and O–H groups in total. The number of rotatable bonds is 8. The molecule has 1 aliphatic heterocycles. The van der Waals surface area contributed by atoms with E-state index in [9.17, 15) is 0 Å². The van der Waals surface area contributed by atoms with E-state index in [0.29, 0.717) is 6.61 Å². The number of benzene rings is 1. The van der Waals surface area contributed by atoms with Gasteiger partial charge in [0.05, 0.1) is 6.61 Å². The van der Waals surface area contributed by atoms with Gasteiger partial charge in [0, 0.05) is 45.9 Å². The van der Waals surface area contributed by atoms with E-state index in [4.69, 9.17) is 4.74 Å². The Labute approximate surface area is 146 Å². The number of guanidine groups is 1. The van der Waals surface area contributed by atoms with E-state index >= 15 is 0 Å². The van der Waals surface area contributed by atoms with E-state index in [1.54, 1.807) is 7.11 Å². The van der Waals surface area contributed by atoms with E-state index < -0.39 is 0 Å². The standard InChI is InChI=1S/C19H32N4O/c1-4-20-19(22-16(2)15-24-3)21-11-7-12-23-13-10-17-8-5-6-9-18(17)14-23/h5-6,8-9,16H,4,7,10-15H2,1-3H3,(H2,20,21,22). The lowest BCUT2D eigenvalue weighted by Gasteiger charge is -2.28. The highest BCUT2D eigenvalue weighted by atomic mass is 16.5. The third kappa shape index (κ3) is 6.13. The zero-order valence-electron chi connectivity index (χ0n) is 15.3. The first-order chi connectivity index (χ1) is 11.7. The van der Waals surface area contributed by atoms with Crippen molar-refractivity contribution in [2.75, 3.05) is 39.9 Å². The van der Waals surface area contributed by atoms with Gasteiger partial charge in [-0.2, -0.15) is 0 Å². The highest BCUT2D eigenvalue weighted by molar-refractivity contribution is 5.80. The number of nitrogens with one attached hydrogen (secondary N) is 2. The van der Waals surface area contributed by atoms with Gasteiger partial charge in [0.1, 0.15) is 0 Å². The normalized spacial score (nSPS) is 16.5. The van der Waals surface area contributed by atoms with E-state index in [1.807, 2.05) is 0 Å². The van der Waals surface area contributed by atoms with Crippen LogP contribution in [0.4, 0.5) is 0 Å². The summed E-state index contributed by atoms with van der Waals surface area (Å²) >= 11 is 0. The highest BCUT2D eigenvalue weighted by Crippen LogP contribution is 2.18. The fraction of sp³-hybridized carbons (Fsp3) is 0.632. The molecule has 1 aromatic rings. The lowest BCUT2D eigenvalue weighted by atomic mass is 10.00. The minimum Gasteiger partial charge on any atom is -0.383 e. The number of hydrogen-bond donors (Lipinski definition) is 2. The molecule has 2 rings (SSSR count). The molecule has 1 aromatic carbocycles. The van der Waals surface area contributed by atoms with Crippen LogP contribution in [-0.4, -0.2) is 56.8 Å². The van der Waals surface area contributed by atoms with Gasteiger partial charge < -0.3 is 15.4 Å². The monoisotopic (exact) mass is 332 g/mol. The number of nitrogens with zero attached hydrogens (tertiary/aromatic N) is 2. The Hall–Kier alpha value is -1.59. The molecule has 0 saturated carbocycles. The first kappa shape index (κ1) is 18.7. The van der Waals surface area contributed by atoms with Gasteiger partial charge in [-0.15, -0.1) is 0 Å². The van der Waals surface area contributed by atoms with Crippen molar-refractivity contribution in [1.82, 2.24) is 15.5 Å². The number of ether oxygens (including phenoxy) is 1. The number of hydrogen-bond acceptors (Lipinski definition) is 3. The summed E-state index contributed by atoms with van der Waals surface area (Å²) in [6.45, 7) is 9.90. The van der Waals surface area contributed by atoms with Crippen molar-refractivity contribution < 1.29 is 4.74 Å². The van der Waals surface area contributed by atoms with E-state index in [1.165, 1.54) is 11.1 Å². The average Bonchev–Trinajstić information content (AvgIpc) is 2.59. The summed E-state index contributed by atoms with van der Waals surface area (Å²) in [5.74, 6) is 0.881. The molecule has 0 aliphatic carbocycles. The van der Waals surface area contributed by atoms with Gasteiger partial charge in [0.2, 0.25) is 0 Å². The number of aliphatic imine (C=N–C) groups is 1. The SMILES string of the molecule is CCNC(=NCCCN1CCc2ccccc2C1)NC(C)COC. The summed E-state index contributed by atoms with van der Waals surface area (Å²) in [7, 11) is 1.72. The van der Waals surface area contributed by atoms with Crippen molar-refractivity contribution in [3.05, 3.63) is 35.4 Å². The Kier molecular flexibility index (Phi) is 8.05. The van der Waals surface area contributed by atoms with Gasteiger partial charge in [-0.05, 0) is 37.8 Å². The minimum absolute atomic E-state index is 0.256. The maximum atomic E-state index is 5.16. The van der Waals surface area contributed by atoms with E-state index in [0.717, 1.165) is 51.5 Å². The molecule has 5 nitrogen and oxygen atoms in total. The molecule has 0 amide bonds. The van der Waals surface area contributed by atoms with Crippen LogP contribution in [0.5, 0.6) is 0 Å². The highest BCUT2D eigenvalue weighted by Gasteiger charge is 2.14. The molecule has 0 radical (unpaired) electrons. The second-order valence-electron chi connectivity index (χ2n) is 6.41. The largest absolute Gasteiger partial charge is 0.383 e. The summed E-state index contributed by atoms with van der Waals surface area (Å²) in [5.41, 5.74) is 2.99. The van der Waals surface area contributed by atoms with Crippen molar-refractivity contribution in [1.29, 1.82) is 0 Å². The van der Waals surface area contributed by atoms with Gasteiger partial charge in [0.15, 0.2) is 5.96 Å². The summed E-state index contributed by atoms with van der Waals surface area (Å²) < 4.78 is 5.16. The molecule has 1 heterocycles. The second kappa shape index (κ2) is 10.3. The zero-order chi connectivity index (χ0) is 17.2. The quantitative estimate of drug-likeness (QED) is 0.434. The van der Waals surface area contributed by atoms with Crippen molar-refractivity contribution in [3.8, 4) is 0 Å². The zero-order valence-corrected chi connectivity index (χ0v) is 15.3. The van der Waals surface area contributed by atoms with Crippen LogP contribution in [0.25, 0.3) is 0 Å². The molecule has 0 bridgehead atoms. The number of methoxy groups -OCH3 is 1.